The largest absolute Gasteiger partial charge is 0.465 e. The first-order valence-corrected chi connectivity index (χ1v) is 13.6. The van der Waals surface area contributed by atoms with Gasteiger partial charge in [0.05, 0.1) is 0 Å². The van der Waals surface area contributed by atoms with E-state index in [0.717, 1.165) is 32.0 Å². The molecule has 0 aromatic rings. The van der Waals surface area contributed by atoms with Crippen LogP contribution >= 0.6 is 0 Å². The van der Waals surface area contributed by atoms with Crippen molar-refractivity contribution in [1.82, 2.24) is 0 Å². The smallest absolute Gasteiger partial charge is 0.293 e. The van der Waals surface area contributed by atoms with Gasteiger partial charge in [-0.15, -0.1) is 0 Å². The van der Waals surface area contributed by atoms with E-state index in [1.54, 1.807) is 0 Å². The molecule has 0 unspecified atom stereocenters. The number of carbonyl (C=O) groups excluding carboxylic acids is 5. The lowest BCUT2D eigenvalue weighted by molar-refractivity contribution is -0.251. The predicted molar refractivity (Wildman–Crippen MR) is 130 cm³/mol. The Balaban J connectivity index is 1.78. The lowest BCUT2D eigenvalue weighted by Gasteiger charge is -2.65. The van der Waals surface area contributed by atoms with Crippen molar-refractivity contribution in [2.75, 3.05) is 0 Å². The molecule has 206 valence electrons. The van der Waals surface area contributed by atoms with Crippen molar-refractivity contribution < 1.29 is 42.9 Å². The Bertz CT molecular complexity index is 863. The van der Waals surface area contributed by atoms with Gasteiger partial charge in [0.2, 0.25) is 0 Å². The maximum absolute atomic E-state index is 11.8. The van der Waals surface area contributed by atoms with Crippen molar-refractivity contribution in [2.45, 2.75) is 96.6 Å². The minimum Gasteiger partial charge on any atom is -0.465 e. The van der Waals surface area contributed by atoms with Crippen LogP contribution in [-0.2, 0) is 42.9 Å². The van der Waals surface area contributed by atoms with E-state index in [4.69, 9.17) is 18.9 Å². The number of carbonyl (C=O) groups is 5. The Hall–Kier alpha value is -2.45. The van der Waals surface area contributed by atoms with Crippen molar-refractivity contribution in [2.24, 2.45) is 46.3 Å². The Kier molecular flexibility index (Phi) is 8.29. The fraction of sp³-hybridized carbons (Fsp3) is 0.821. The van der Waals surface area contributed by atoms with E-state index >= 15 is 0 Å². The average Bonchev–Trinajstić information content (AvgIpc) is 3.24. The first-order valence-electron chi connectivity index (χ1n) is 13.6. The second-order valence-corrected chi connectivity index (χ2v) is 12.2. The summed E-state index contributed by atoms with van der Waals surface area (Å²) in [7, 11) is 0. The zero-order chi connectivity index (χ0) is 26.8. The van der Waals surface area contributed by atoms with Crippen LogP contribution in [0, 0.1) is 46.3 Å². The van der Waals surface area contributed by atoms with E-state index in [0.29, 0.717) is 51.6 Å². The molecule has 4 rings (SSSR count). The Morgan fingerprint density at radius 3 is 2.11 bits per heavy atom. The first kappa shape index (κ1) is 27.6. The molecule has 0 saturated heterocycles. The summed E-state index contributed by atoms with van der Waals surface area (Å²) in [5.74, 6) is 0.340. The second-order valence-electron chi connectivity index (χ2n) is 12.2. The van der Waals surface area contributed by atoms with Gasteiger partial charge in [0.25, 0.3) is 25.9 Å². The summed E-state index contributed by atoms with van der Waals surface area (Å²) >= 11 is 0. The minimum atomic E-state index is -0.661. The molecule has 0 bridgehead atoms. The molecular weight excluding hydrogens is 480 g/mol. The average molecular weight is 521 g/mol. The molecule has 0 aromatic carbocycles. The molecule has 37 heavy (non-hydrogen) atoms. The quantitative estimate of drug-likeness (QED) is 0.282. The van der Waals surface area contributed by atoms with Crippen molar-refractivity contribution >= 4 is 32.2 Å². The topological polar surface area (TPSA) is 122 Å². The molecule has 4 fully saturated rings. The highest BCUT2D eigenvalue weighted by atomic mass is 16.6. The maximum Gasteiger partial charge on any atom is 0.293 e. The third-order valence-corrected chi connectivity index (χ3v) is 11.1. The monoisotopic (exact) mass is 520 g/mol. The van der Waals surface area contributed by atoms with Crippen LogP contribution in [0.4, 0.5) is 0 Å². The number of hydrogen-bond donors (Lipinski definition) is 0. The molecule has 0 spiro atoms. The van der Waals surface area contributed by atoms with Crippen LogP contribution in [0.2, 0.25) is 0 Å². The summed E-state index contributed by atoms with van der Waals surface area (Å²) in [6.07, 6.45) is 4.63. The van der Waals surface area contributed by atoms with Crippen molar-refractivity contribution in [1.29, 1.82) is 0 Å². The zero-order valence-corrected chi connectivity index (χ0v) is 22.0. The summed E-state index contributed by atoms with van der Waals surface area (Å²) in [5.41, 5.74) is -0.668. The summed E-state index contributed by atoms with van der Waals surface area (Å²) < 4.78 is 22.7. The molecule has 0 aliphatic heterocycles. The van der Waals surface area contributed by atoms with Crippen LogP contribution in [0.5, 0.6) is 0 Å². The Morgan fingerprint density at radius 1 is 0.784 bits per heavy atom. The third-order valence-electron chi connectivity index (χ3n) is 11.1. The van der Waals surface area contributed by atoms with E-state index in [1.165, 1.54) is 0 Å². The highest BCUT2D eigenvalue weighted by Crippen LogP contribution is 2.69. The molecule has 9 heteroatoms. The highest BCUT2D eigenvalue weighted by Gasteiger charge is 2.70. The van der Waals surface area contributed by atoms with Crippen LogP contribution in [0.3, 0.4) is 0 Å². The van der Waals surface area contributed by atoms with Gasteiger partial charge in [0.1, 0.15) is 30.7 Å². The molecule has 4 aliphatic carbocycles. The summed E-state index contributed by atoms with van der Waals surface area (Å²) in [5, 5.41) is 0. The lowest BCUT2D eigenvalue weighted by atomic mass is 9.42. The summed E-state index contributed by atoms with van der Waals surface area (Å²) in [6, 6.07) is 0. The molecule has 0 amide bonds. The molecule has 0 N–H and O–H groups in total. The number of fused-ring (bicyclic) bond motifs is 5. The van der Waals surface area contributed by atoms with Crippen molar-refractivity contribution in [3.05, 3.63) is 0 Å². The van der Waals surface area contributed by atoms with Crippen LogP contribution in [0.25, 0.3) is 0 Å². The molecule has 4 aliphatic rings. The van der Waals surface area contributed by atoms with Crippen LogP contribution in [-0.4, -0.2) is 56.6 Å². The zero-order valence-electron chi connectivity index (χ0n) is 22.0. The molecule has 9 nitrogen and oxygen atoms in total. The fourth-order valence-electron chi connectivity index (χ4n) is 9.54. The molecule has 0 radical (unpaired) electrons. The molecule has 0 heterocycles. The van der Waals surface area contributed by atoms with Gasteiger partial charge in [-0.2, -0.15) is 0 Å². The van der Waals surface area contributed by atoms with Gasteiger partial charge in [-0.25, -0.2) is 0 Å². The SMILES string of the molecule is C[C@H](CCC=O)[C@H]1CC[C@H]2[C@@H]3[C@H](OC=O)[C@@H](OC=O)[C@@H]4C[C@H](OC=O)CC[C@]4(C)[C@H]3C[C@H](OC=O)[C@]12C. The van der Waals surface area contributed by atoms with Crippen LogP contribution in [0.15, 0.2) is 0 Å². The first-order chi connectivity index (χ1) is 17.8. The summed E-state index contributed by atoms with van der Waals surface area (Å²) in [6.45, 7) is 8.43. The normalized spacial score (nSPS) is 45.1. The molecule has 0 aromatic heterocycles. The van der Waals surface area contributed by atoms with Crippen LogP contribution < -0.4 is 0 Å². The van der Waals surface area contributed by atoms with Gasteiger partial charge < -0.3 is 23.7 Å². The van der Waals surface area contributed by atoms with E-state index in [2.05, 4.69) is 20.8 Å². The van der Waals surface area contributed by atoms with E-state index in [1.807, 2.05) is 0 Å². The minimum absolute atomic E-state index is 0.0539. The second kappa shape index (κ2) is 11.1. The molecule has 4 saturated carbocycles. The van der Waals surface area contributed by atoms with Gasteiger partial charge in [0, 0.05) is 23.7 Å². The third kappa shape index (κ3) is 4.46. The predicted octanol–water partition coefficient (Wildman–Crippen LogP) is 3.26. The molecule has 12 atom stereocenters. The lowest BCUT2D eigenvalue weighted by Crippen LogP contribution is -2.67. The van der Waals surface area contributed by atoms with Gasteiger partial charge in [-0.1, -0.05) is 20.8 Å². The number of rotatable bonds is 12. The maximum atomic E-state index is 11.8. The van der Waals surface area contributed by atoms with Gasteiger partial charge >= 0.3 is 0 Å². The molecular formula is C28H40O9. The van der Waals surface area contributed by atoms with Crippen LogP contribution in [0.1, 0.15) is 72.1 Å². The van der Waals surface area contributed by atoms with Gasteiger partial charge in [-0.3, -0.25) is 19.2 Å². The van der Waals surface area contributed by atoms with Gasteiger partial charge in [-0.05, 0) is 74.0 Å². The Morgan fingerprint density at radius 2 is 1.46 bits per heavy atom. The highest BCUT2D eigenvalue weighted by molar-refractivity contribution is 5.49. The Labute approximate surface area is 218 Å². The van der Waals surface area contributed by atoms with Gasteiger partial charge in [0.15, 0.2) is 0 Å². The summed E-state index contributed by atoms with van der Waals surface area (Å²) in [4.78, 5) is 57.4. The van der Waals surface area contributed by atoms with Crippen molar-refractivity contribution in [3.8, 4) is 0 Å². The van der Waals surface area contributed by atoms with E-state index in [9.17, 15) is 24.0 Å². The number of aldehydes is 1. The van der Waals surface area contributed by atoms with Crippen molar-refractivity contribution in [3.63, 3.8) is 0 Å². The number of ether oxygens (including phenoxy) is 4. The van der Waals surface area contributed by atoms with E-state index in [-0.39, 0.29) is 58.5 Å². The number of hydrogen-bond acceptors (Lipinski definition) is 9. The standard InChI is InChI=1S/C28H40O9/c1-17(5-4-10-29)19-6-7-20-24-21(12-23(35-14-31)28(19,20)3)27(2)9-8-18(34-13-30)11-22(27)25(36-15-32)26(24)37-16-33/h10,13-26H,4-9,11-12H2,1-3H3/t17-,18-,19-,20+,21+,22+,23+,24+,25+,26+,27-,28-/m1/s1. The fourth-order valence-corrected chi connectivity index (χ4v) is 9.54. The van der Waals surface area contributed by atoms with E-state index < -0.39 is 12.2 Å².